The number of furan rings is 1. The molecule has 2 aliphatic carbocycles. The first-order valence-electron chi connectivity index (χ1n) is 10.7. The first-order valence-corrected chi connectivity index (χ1v) is 12.3. The minimum atomic E-state index is -3.76. The van der Waals surface area contributed by atoms with Crippen molar-refractivity contribution < 1.29 is 22.4 Å². The van der Waals surface area contributed by atoms with E-state index in [0.717, 1.165) is 12.0 Å². The van der Waals surface area contributed by atoms with Crippen molar-refractivity contribution in [2.24, 2.45) is 16.7 Å². The minimum absolute atomic E-state index is 0.0725. The number of Topliss-reactive ketones (excluding diaryl/α,β-unsaturated/α-hetero) is 1. The number of fused-ring (bicyclic) bond motifs is 3. The SMILES string of the molecule is CC1(C)[C@@H]2CC[C@]1(CS(=O)(=O)Nc1ccc3c(c1)N(C(=O)c1ccco1)CC3)C(=O)C2. The Bertz CT molecular complexity index is 1170. The van der Waals surface area contributed by atoms with Gasteiger partial charge in [-0.25, -0.2) is 8.42 Å². The number of carbonyl (C=O) groups is 2. The maximum absolute atomic E-state index is 13.1. The highest BCUT2D eigenvalue weighted by atomic mass is 32.2. The lowest BCUT2D eigenvalue weighted by atomic mass is 9.70. The number of benzene rings is 1. The predicted octanol–water partition coefficient (Wildman–Crippen LogP) is 3.62. The molecule has 2 fully saturated rings. The zero-order chi connectivity index (χ0) is 22.0. The average Bonchev–Trinajstić information content (AvgIpc) is 3.44. The van der Waals surface area contributed by atoms with Gasteiger partial charge >= 0.3 is 0 Å². The van der Waals surface area contributed by atoms with Gasteiger partial charge in [0.1, 0.15) is 5.78 Å². The summed E-state index contributed by atoms with van der Waals surface area (Å²) in [5, 5.41) is 0. The lowest BCUT2D eigenvalue weighted by Gasteiger charge is -2.36. The van der Waals surface area contributed by atoms with Crippen LogP contribution in [-0.4, -0.2) is 32.4 Å². The Morgan fingerprint density at radius 3 is 2.74 bits per heavy atom. The van der Waals surface area contributed by atoms with Crippen molar-refractivity contribution in [3.05, 3.63) is 47.9 Å². The number of amides is 1. The first kappa shape index (κ1) is 20.3. The molecule has 7 nitrogen and oxygen atoms in total. The zero-order valence-corrected chi connectivity index (χ0v) is 18.5. The Hall–Kier alpha value is -2.61. The van der Waals surface area contributed by atoms with Crippen molar-refractivity contribution in [1.29, 1.82) is 0 Å². The molecule has 3 aliphatic rings. The van der Waals surface area contributed by atoms with Crippen LogP contribution >= 0.6 is 0 Å². The van der Waals surface area contributed by atoms with E-state index in [1.54, 1.807) is 29.2 Å². The molecule has 0 radical (unpaired) electrons. The smallest absolute Gasteiger partial charge is 0.293 e. The summed E-state index contributed by atoms with van der Waals surface area (Å²) < 4.78 is 34.1. The molecule has 164 valence electrons. The molecular weight excluding hydrogens is 416 g/mol. The number of sulfonamides is 1. The van der Waals surface area contributed by atoms with E-state index < -0.39 is 15.4 Å². The molecule has 0 spiro atoms. The van der Waals surface area contributed by atoms with Crippen LogP contribution in [0.2, 0.25) is 0 Å². The molecule has 2 saturated carbocycles. The maximum Gasteiger partial charge on any atom is 0.293 e. The Morgan fingerprint density at radius 2 is 2.10 bits per heavy atom. The summed E-state index contributed by atoms with van der Waals surface area (Å²) in [6, 6.07) is 8.53. The monoisotopic (exact) mass is 442 g/mol. The zero-order valence-electron chi connectivity index (χ0n) is 17.7. The fraction of sp³-hybridized carbons (Fsp3) is 0.478. The van der Waals surface area contributed by atoms with Crippen LogP contribution in [-0.2, 0) is 21.2 Å². The topological polar surface area (TPSA) is 96.7 Å². The molecule has 1 aromatic heterocycles. The summed E-state index contributed by atoms with van der Waals surface area (Å²) in [7, 11) is -3.76. The van der Waals surface area contributed by atoms with Gasteiger partial charge in [-0.3, -0.25) is 14.3 Å². The number of anilines is 2. The highest BCUT2D eigenvalue weighted by molar-refractivity contribution is 7.92. The Balaban J connectivity index is 1.39. The molecule has 1 aliphatic heterocycles. The summed E-state index contributed by atoms with van der Waals surface area (Å²) in [5.74, 6) is 0.127. The van der Waals surface area contributed by atoms with Crippen LogP contribution in [0, 0.1) is 16.7 Å². The van der Waals surface area contributed by atoms with Gasteiger partial charge in [0.15, 0.2) is 5.76 Å². The molecule has 2 aromatic rings. The molecule has 1 aromatic carbocycles. The molecule has 1 amide bonds. The Kier molecular flexibility index (Phi) is 4.38. The third-order valence-corrected chi connectivity index (χ3v) is 9.23. The predicted molar refractivity (Wildman–Crippen MR) is 117 cm³/mol. The van der Waals surface area contributed by atoms with Gasteiger partial charge in [0.2, 0.25) is 10.0 Å². The maximum atomic E-state index is 13.1. The van der Waals surface area contributed by atoms with Crippen LogP contribution in [0.15, 0.2) is 41.0 Å². The molecule has 1 N–H and O–H groups in total. The number of nitrogens with one attached hydrogen (secondary N) is 1. The molecule has 0 saturated heterocycles. The van der Waals surface area contributed by atoms with Crippen LogP contribution in [0.5, 0.6) is 0 Å². The second kappa shape index (κ2) is 6.69. The number of rotatable bonds is 5. The largest absolute Gasteiger partial charge is 0.459 e. The molecule has 0 unspecified atom stereocenters. The van der Waals surface area contributed by atoms with Crippen LogP contribution in [0.4, 0.5) is 11.4 Å². The van der Waals surface area contributed by atoms with Crippen molar-refractivity contribution >= 4 is 33.1 Å². The normalized spacial score (nSPS) is 26.3. The highest BCUT2D eigenvalue weighted by Crippen LogP contribution is 2.64. The van der Waals surface area contributed by atoms with E-state index in [2.05, 4.69) is 4.72 Å². The Morgan fingerprint density at radius 1 is 1.29 bits per heavy atom. The lowest BCUT2D eigenvalue weighted by molar-refractivity contribution is -0.128. The molecule has 8 heteroatoms. The third kappa shape index (κ3) is 3.03. The van der Waals surface area contributed by atoms with Gasteiger partial charge in [0.25, 0.3) is 5.91 Å². The van der Waals surface area contributed by atoms with Crippen molar-refractivity contribution in [2.45, 2.75) is 39.5 Å². The second-order valence-electron chi connectivity index (χ2n) is 9.56. The standard InChI is InChI=1S/C23H26N2O5S/c1-22(2)16-7-9-23(22,20(26)12-16)14-31(28,29)24-17-6-5-15-8-10-25(18(15)13-17)21(27)19-4-3-11-30-19/h3-6,11,13,16,24H,7-10,12,14H2,1-2H3/t16-,23+/m1/s1. The van der Waals surface area contributed by atoms with Gasteiger partial charge in [-0.1, -0.05) is 19.9 Å². The van der Waals surface area contributed by atoms with E-state index in [1.807, 2.05) is 19.9 Å². The summed E-state index contributed by atoms with van der Waals surface area (Å²) in [5.41, 5.74) is 0.919. The van der Waals surface area contributed by atoms with Crippen molar-refractivity contribution in [2.75, 3.05) is 21.9 Å². The number of carbonyl (C=O) groups excluding carboxylic acids is 2. The van der Waals surface area contributed by atoms with Gasteiger partial charge < -0.3 is 9.32 Å². The molecule has 2 heterocycles. The molecule has 2 atom stereocenters. The van der Waals surface area contributed by atoms with Crippen LogP contribution in [0.3, 0.4) is 0 Å². The quantitative estimate of drug-likeness (QED) is 0.763. The van der Waals surface area contributed by atoms with Crippen molar-refractivity contribution in [1.82, 2.24) is 0 Å². The van der Waals surface area contributed by atoms with Crippen LogP contribution in [0.1, 0.15) is 49.2 Å². The Labute approximate surface area is 181 Å². The van der Waals surface area contributed by atoms with E-state index in [0.29, 0.717) is 37.2 Å². The van der Waals surface area contributed by atoms with Crippen LogP contribution in [0.25, 0.3) is 0 Å². The van der Waals surface area contributed by atoms with Gasteiger partial charge in [-0.15, -0.1) is 0 Å². The summed E-state index contributed by atoms with van der Waals surface area (Å²) in [4.78, 5) is 27.1. The van der Waals surface area contributed by atoms with E-state index in [1.165, 1.54) is 6.26 Å². The number of nitrogens with zero attached hydrogens (tertiary/aromatic N) is 1. The fourth-order valence-electron chi connectivity index (χ4n) is 5.84. The lowest BCUT2D eigenvalue weighted by Crippen LogP contribution is -2.43. The van der Waals surface area contributed by atoms with Gasteiger partial charge in [-0.2, -0.15) is 0 Å². The van der Waals surface area contributed by atoms with E-state index >= 15 is 0 Å². The van der Waals surface area contributed by atoms with E-state index in [4.69, 9.17) is 4.42 Å². The third-order valence-electron chi connectivity index (χ3n) is 7.81. The second-order valence-corrected chi connectivity index (χ2v) is 11.3. The summed E-state index contributed by atoms with van der Waals surface area (Å²) in [6.07, 6.45) is 4.15. The molecule has 5 rings (SSSR count). The summed E-state index contributed by atoms with van der Waals surface area (Å²) in [6.45, 7) is 4.56. The molecule has 2 bridgehead atoms. The van der Waals surface area contributed by atoms with Crippen molar-refractivity contribution in [3.63, 3.8) is 0 Å². The molecular formula is C23H26N2O5S. The van der Waals surface area contributed by atoms with Crippen LogP contribution < -0.4 is 9.62 Å². The van der Waals surface area contributed by atoms with Crippen molar-refractivity contribution in [3.8, 4) is 0 Å². The van der Waals surface area contributed by atoms with Gasteiger partial charge in [-0.05, 0) is 60.4 Å². The average molecular weight is 443 g/mol. The highest BCUT2D eigenvalue weighted by Gasteiger charge is 2.65. The number of ketones is 1. The fourth-order valence-corrected chi connectivity index (χ4v) is 7.72. The van der Waals surface area contributed by atoms with E-state index in [9.17, 15) is 18.0 Å². The number of hydrogen-bond donors (Lipinski definition) is 1. The van der Waals surface area contributed by atoms with Gasteiger partial charge in [0, 0.05) is 18.7 Å². The summed E-state index contributed by atoms with van der Waals surface area (Å²) >= 11 is 0. The number of hydrogen-bond acceptors (Lipinski definition) is 5. The first-order chi connectivity index (χ1) is 14.6. The van der Waals surface area contributed by atoms with Gasteiger partial charge in [0.05, 0.1) is 23.1 Å². The van der Waals surface area contributed by atoms with E-state index in [-0.39, 0.29) is 34.5 Å². The molecule has 31 heavy (non-hydrogen) atoms. The minimum Gasteiger partial charge on any atom is -0.459 e.